The van der Waals surface area contributed by atoms with Gasteiger partial charge < -0.3 is 0 Å². The van der Waals surface area contributed by atoms with Gasteiger partial charge in [-0.25, -0.2) is 0 Å². The van der Waals surface area contributed by atoms with Gasteiger partial charge in [-0.3, -0.25) is 4.68 Å². The topological polar surface area (TPSA) is 17.8 Å². The number of halogens is 3. The van der Waals surface area contributed by atoms with Crippen molar-refractivity contribution in [3.05, 3.63) is 17.0 Å². The van der Waals surface area contributed by atoms with Crippen molar-refractivity contribution in [2.24, 2.45) is 7.05 Å². The zero-order valence-electron chi connectivity index (χ0n) is 9.15. The minimum absolute atomic E-state index is 0.356. The van der Waals surface area contributed by atoms with Crippen molar-refractivity contribution in [1.29, 1.82) is 0 Å². The predicted molar refractivity (Wildman–Crippen MR) is 51.6 cm³/mol. The Bertz CT molecular complexity index is 339. The van der Waals surface area contributed by atoms with Gasteiger partial charge in [-0.2, -0.15) is 18.3 Å². The molecule has 15 heavy (non-hydrogen) atoms. The molecule has 0 atom stereocenters. The average molecular weight is 220 g/mol. The van der Waals surface area contributed by atoms with E-state index in [1.807, 2.05) is 13.8 Å². The molecule has 86 valence electrons. The molecular formula is C10H15F3N2. The molecule has 0 N–H and O–H groups in total. The molecule has 1 rings (SSSR count). The third-order valence-corrected chi connectivity index (χ3v) is 2.38. The highest BCUT2D eigenvalue weighted by Crippen LogP contribution is 2.33. The van der Waals surface area contributed by atoms with E-state index in [9.17, 15) is 13.2 Å². The van der Waals surface area contributed by atoms with Crippen LogP contribution in [0.5, 0.6) is 0 Å². The summed E-state index contributed by atoms with van der Waals surface area (Å²) in [6, 6.07) is 0. The number of rotatable bonds is 3. The van der Waals surface area contributed by atoms with E-state index in [1.54, 1.807) is 7.05 Å². The molecule has 0 aliphatic heterocycles. The summed E-state index contributed by atoms with van der Waals surface area (Å²) in [6.45, 7) is 3.71. The monoisotopic (exact) mass is 220 g/mol. The Labute approximate surface area is 87.1 Å². The molecule has 0 unspecified atom stereocenters. The van der Waals surface area contributed by atoms with Crippen molar-refractivity contribution < 1.29 is 13.2 Å². The molecular weight excluding hydrogens is 205 g/mol. The minimum atomic E-state index is -4.34. The molecule has 1 heterocycles. The highest BCUT2D eigenvalue weighted by atomic mass is 19.4. The highest BCUT2D eigenvalue weighted by molar-refractivity contribution is 5.28. The maximum atomic E-state index is 12.6. The van der Waals surface area contributed by atoms with Gasteiger partial charge in [-0.1, -0.05) is 20.3 Å². The van der Waals surface area contributed by atoms with Gasteiger partial charge in [-0.05, 0) is 12.8 Å². The average Bonchev–Trinajstić information content (AvgIpc) is 2.42. The van der Waals surface area contributed by atoms with Crippen LogP contribution in [0.2, 0.25) is 0 Å². The van der Waals surface area contributed by atoms with Gasteiger partial charge in [0.15, 0.2) is 5.69 Å². The quantitative estimate of drug-likeness (QED) is 0.765. The Morgan fingerprint density at radius 1 is 1.27 bits per heavy atom. The SMILES string of the molecule is CCCc1c(C(F)(F)F)nn(C)c1CC. The van der Waals surface area contributed by atoms with Crippen molar-refractivity contribution in [3.8, 4) is 0 Å². The zero-order valence-corrected chi connectivity index (χ0v) is 9.15. The Kier molecular flexibility index (Phi) is 3.42. The van der Waals surface area contributed by atoms with Gasteiger partial charge in [0, 0.05) is 18.3 Å². The first-order valence-electron chi connectivity index (χ1n) is 5.03. The Morgan fingerprint density at radius 2 is 1.87 bits per heavy atom. The summed E-state index contributed by atoms with van der Waals surface area (Å²) in [6.07, 6.45) is -2.63. The first kappa shape index (κ1) is 12.1. The third-order valence-electron chi connectivity index (χ3n) is 2.38. The molecule has 0 saturated heterocycles. The first-order valence-corrected chi connectivity index (χ1v) is 5.03. The van der Waals surface area contributed by atoms with Crippen LogP contribution in [0.15, 0.2) is 0 Å². The molecule has 2 nitrogen and oxygen atoms in total. The Hall–Kier alpha value is -1.00. The summed E-state index contributed by atoms with van der Waals surface area (Å²) in [4.78, 5) is 0. The summed E-state index contributed by atoms with van der Waals surface area (Å²) in [5.41, 5.74) is 0.322. The molecule has 0 amide bonds. The molecule has 0 bridgehead atoms. The van der Waals surface area contributed by atoms with Gasteiger partial charge >= 0.3 is 6.18 Å². The van der Waals surface area contributed by atoms with E-state index in [4.69, 9.17) is 0 Å². The van der Waals surface area contributed by atoms with Crippen LogP contribution in [0.1, 0.15) is 37.2 Å². The van der Waals surface area contributed by atoms with Gasteiger partial charge in [0.05, 0.1) is 0 Å². The second-order valence-electron chi connectivity index (χ2n) is 3.50. The largest absolute Gasteiger partial charge is 0.435 e. The van der Waals surface area contributed by atoms with Crippen LogP contribution in [0, 0.1) is 0 Å². The highest BCUT2D eigenvalue weighted by Gasteiger charge is 2.37. The number of alkyl halides is 3. The van der Waals surface area contributed by atoms with Crippen LogP contribution in [-0.4, -0.2) is 9.78 Å². The predicted octanol–water partition coefficient (Wildman–Crippen LogP) is 2.95. The number of nitrogens with zero attached hydrogens (tertiary/aromatic N) is 2. The molecule has 0 aliphatic rings. The number of hydrogen-bond acceptors (Lipinski definition) is 1. The van der Waals surface area contributed by atoms with Crippen molar-refractivity contribution >= 4 is 0 Å². The maximum absolute atomic E-state index is 12.6. The molecule has 1 aromatic rings. The summed E-state index contributed by atoms with van der Waals surface area (Å²) in [7, 11) is 1.56. The lowest BCUT2D eigenvalue weighted by atomic mass is 10.1. The molecule has 0 aromatic carbocycles. The summed E-state index contributed by atoms with van der Waals surface area (Å²) >= 11 is 0. The maximum Gasteiger partial charge on any atom is 0.435 e. The van der Waals surface area contributed by atoms with E-state index in [1.165, 1.54) is 4.68 Å². The second kappa shape index (κ2) is 4.24. The molecule has 0 fully saturated rings. The smallest absolute Gasteiger partial charge is 0.272 e. The minimum Gasteiger partial charge on any atom is -0.272 e. The van der Waals surface area contributed by atoms with E-state index in [0.717, 1.165) is 0 Å². The standard InChI is InChI=1S/C10H15F3N2/c1-4-6-7-8(5-2)15(3)14-9(7)10(11,12)13/h4-6H2,1-3H3. The fraction of sp³-hybridized carbons (Fsp3) is 0.700. The normalized spacial score (nSPS) is 12.1. The van der Waals surface area contributed by atoms with Crippen LogP contribution in [0.25, 0.3) is 0 Å². The fourth-order valence-corrected chi connectivity index (χ4v) is 1.79. The molecule has 0 spiro atoms. The lowest BCUT2D eigenvalue weighted by Gasteiger charge is -2.06. The fourth-order valence-electron chi connectivity index (χ4n) is 1.79. The zero-order chi connectivity index (χ0) is 11.6. The van der Waals surface area contributed by atoms with E-state index in [0.29, 0.717) is 30.5 Å². The Balaban J connectivity index is 3.27. The van der Waals surface area contributed by atoms with Crippen molar-refractivity contribution in [2.45, 2.75) is 39.3 Å². The van der Waals surface area contributed by atoms with Crippen LogP contribution < -0.4 is 0 Å². The molecule has 0 radical (unpaired) electrons. The van der Waals surface area contributed by atoms with Crippen LogP contribution >= 0.6 is 0 Å². The van der Waals surface area contributed by atoms with E-state index in [2.05, 4.69) is 5.10 Å². The second-order valence-corrected chi connectivity index (χ2v) is 3.50. The summed E-state index contributed by atoms with van der Waals surface area (Å²) < 4.78 is 39.2. The van der Waals surface area contributed by atoms with E-state index < -0.39 is 11.9 Å². The lowest BCUT2D eigenvalue weighted by Crippen LogP contribution is -2.09. The number of hydrogen-bond donors (Lipinski definition) is 0. The van der Waals surface area contributed by atoms with E-state index >= 15 is 0 Å². The number of aromatic nitrogens is 2. The molecule has 0 aliphatic carbocycles. The molecule has 0 saturated carbocycles. The van der Waals surface area contributed by atoms with E-state index in [-0.39, 0.29) is 0 Å². The van der Waals surface area contributed by atoms with Gasteiger partial charge in [-0.15, -0.1) is 0 Å². The van der Waals surface area contributed by atoms with Crippen molar-refractivity contribution in [2.75, 3.05) is 0 Å². The van der Waals surface area contributed by atoms with Crippen molar-refractivity contribution in [1.82, 2.24) is 9.78 Å². The number of aryl methyl sites for hydroxylation is 1. The van der Waals surface area contributed by atoms with Gasteiger partial charge in [0.25, 0.3) is 0 Å². The van der Waals surface area contributed by atoms with Gasteiger partial charge in [0.1, 0.15) is 0 Å². The van der Waals surface area contributed by atoms with Crippen molar-refractivity contribution in [3.63, 3.8) is 0 Å². The molecule has 5 heteroatoms. The first-order chi connectivity index (χ1) is 6.91. The third kappa shape index (κ3) is 2.33. The summed E-state index contributed by atoms with van der Waals surface area (Å²) in [5.74, 6) is 0. The van der Waals surface area contributed by atoms with Crippen LogP contribution in [-0.2, 0) is 26.1 Å². The lowest BCUT2D eigenvalue weighted by molar-refractivity contribution is -0.142. The van der Waals surface area contributed by atoms with Crippen LogP contribution in [0.4, 0.5) is 13.2 Å². The Morgan fingerprint density at radius 3 is 2.27 bits per heavy atom. The summed E-state index contributed by atoms with van der Waals surface area (Å²) in [5, 5.41) is 3.56. The van der Waals surface area contributed by atoms with Crippen LogP contribution in [0.3, 0.4) is 0 Å². The molecule has 1 aromatic heterocycles. The van der Waals surface area contributed by atoms with Gasteiger partial charge in [0.2, 0.25) is 0 Å².